The first-order valence-electron chi connectivity index (χ1n) is 17.5. The monoisotopic (exact) mass is 743 g/mol. The molecule has 2 amide bonds. The van der Waals surface area contributed by atoms with Crippen LogP contribution in [-0.4, -0.2) is 77.1 Å². The number of unbranched alkanes of at least 4 members (excludes halogenated alkanes) is 2. The topological polar surface area (TPSA) is 151 Å². The predicted octanol–water partition coefficient (Wildman–Crippen LogP) is 6.77. The van der Waals surface area contributed by atoms with Crippen LogP contribution in [0.15, 0.2) is 60.4 Å². The Morgan fingerprint density at radius 2 is 1.92 bits per heavy atom. The second-order valence-electron chi connectivity index (χ2n) is 13.1. The molecular formula is C38H45N7O5S2. The number of thiazole rings is 2. The summed E-state index contributed by atoms with van der Waals surface area (Å²) < 4.78 is 12.7. The maximum Gasteiger partial charge on any atom is 0.414 e. The molecule has 0 unspecified atom stereocenters. The van der Waals surface area contributed by atoms with Gasteiger partial charge in [-0.2, -0.15) is 0 Å². The number of aliphatic hydroxyl groups is 1. The number of aryl methyl sites for hydroxylation is 1. The molecule has 1 fully saturated rings. The molecule has 12 nitrogen and oxygen atoms in total. The Morgan fingerprint density at radius 1 is 1.08 bits per heavy atom. The van der Waals surface area contributed by atoms with Gasteiger partial charge in [-0.05, 0) is 81.8 Å². The van der Waals surface area contributed by atoms with E-state index in [0.717, 1.165) is 79.7 Å². The third-order valence-electron chi connectivity index (χ3n) is 8.75. The lowest BCUT2D eigenvalue weighted by Crippen LogP contribution is -2.40. The van der Waals surface area contributed by atoms with Gasteiger partial charge in [-0.25, -0.2) is 14.8 Å². The number of nitrogens with one attached hydrogen (secondary N) is 3. The minimum Gasteiger partial charge on any atom is -0.493 e. The van der Waals surface area contributed by atoms with Gasteiger partial charge in [-0.3, -0.25) is 14.7 Å². The van der Waals surface area contributed by atoms with Crippen LogP contribution in [0.1, 0.15) is 50.8 Å². The summed E-state index contributed by atoms with van der Waals surface area (Å²) in [5.74, 6) is 0.628. The highest BCUT2D eigenvalue weighted by molar-refractivity contribution is 7.22. The molecule has 0 saturated carbocycles. The number of hydrogen-bond acceptors (Lipinski definition) is 12. The summed E-state index contributed by atoms with van der Waals surface area (Å²) in [6.07, 6.45) is 5.54. The number of nitrogens with zero attached hydrogens (tertiary/aromatic N) is 4. The van der Waals surface area contributed by atoms with Crippen LogP contribution >= 0.6 is 22.7 Å². The Bertz CT molecular complexity index is 2000. The summed E-state index contributed by atoms with van der Waals surface area (Å²) in [4.78, 5) is 41.1. The van der Waals surface area contributed by atoms with Crippen LogP contribution in [-0.2, 0) is 16.1 Å². The number of amides is 2. The second kappa shape index (κ2) is 17.3. The molecule has 1 aliphatic rings. The van der Waals surface area contributed by atoms with E-state index in [2.05, 4.69) is 32.0 Å². The molecule has 0 radical (unpaired) electrons. The number of carbonyl (C=O) groups excluding carboxylic acids is 2. The van der Waals surface area contributed by atoms with Crippen molar-refractivity contribution in [3.63, 3.8) is 0 Å². The number of aliphatic hydroxyl groups excluding tert-OH is 1. The number of β-amino-alcohol motifs (C(OH)–C–C–N with tert-alkyl or cyclic N) is 1. The zero-order chi connectivity index (χ0) is 36.6. The highest BCUT2D eigenvalue weighted by Crippen LogP contribution is 2.33. The summed E-state index contributed by atoms with van der Waals surface area (Å²) in [5.41, 5.74) is 8.23. The van der Waals surface area contributed by atoms with Crippen LogP contribution in [0.3, 0.4) is 0 Å². The van der Waals surface area contributed by atoms with Gasteiger partial charge in [0.1, 0.15) is 5.75 Å². The number of carbonyl (C=O) groups is 2. The van der Waals surface area contributed by atoms with Crippen molar-refractivity contribution in [1.29, 1.82) is 0 Å². The largest absolute Gasteiger partial charge is 0.493 e. The number of ether oxygens (including phenoxy) is 2. The van der Waals surface area contributed by atoms with Crippen molar-refractivity contribution in [2.75, 3.05) is 37.0 Å². The summed E-state index contributed by atoms with van der Waals surface area (Å²) in [7, 11) is 1.68. The smallest absolute Gasteiger partial charge is 0.414 e. The van der Waals surface area contributed by atoms with E-state index >= 15 is 0 Å². The first kappa shape index (κ1) is 37.1. The Morgan fingerprint density at radius 3 is 2.69 bits per heavy atom. The fraction of sp³-hybridized carbons (Fsp3) is 0.395. The van der Waals surface area contributed by atoms with Crippen molar-refractivity contribution >= 4 is 55.7 Å². The van der Waals surface area contributed by atoms with E-state index in [1.54, 1.807) is 42.1 Å². The van der Waals surface area contributed by atoms with Crippen LogP contribution < -0.4 is 25.6 Å². The second-order valence-corrected chi connectivity index (χ2v) is 15.0. The maximum atomic E-state index is 12.7. The third-order valence-corrected chi connectivity index (χ3v) is 10.7. The molecule has 6 rings (SSSR count). The fourth-order valence-electron chi connectivity index (χ4n) is 5.89. The lowest BCUT2D eigenvalue weighted by atomic mass is 10.1. The highest BCUT2D eigenvalue weighted by atomic mass is 32.1. The molecule has 2 aromatic carbocycles. The number of hydrogen-bond donors (Lipinski definition) is 4. The molecule has 274 valence electrons. The molecule has 0 aliphatic carbocycles. The SMILES string of the molecule is Cc1ncsc1-c1ccc(CNC(=O)[C@@H]2C[C@@H](O)CN2)c(OCCCCCNc2nc3ccc(-c4cncc(N(C)C(=O)OC(C)C)c4)cc3s2)c1. The van der Waals surface area contributed by atoms with Crippen LogP contribution in [0.2, 0.25) is 0 Å². The van der Waals surface area contributed by atoms with Crippen LogP contribution in [0.25, 0.3) is 31.8 Å². The van der Waals surface area contributed by atoms with Crippen molar-refractivity contribution in [3.05, 3.63) is 71.6 Å². The van der Waals surface area contributed by atoms with E-state index in [4.69, 9.17) is 14.5 Å². The molecule has 4 heterocycles. The van der Waals surface area contributed by atoms with E-state index in [-0.39, 0.29) is 18.1 Å². The van der Waals surface area contributed by atoms with Crippen molar-refractivity contribution < 1.29 is 24.2 Å². The molecule has 5 aromatic rings. The molecule has 2 atom stereocenters. The number of fused-ring (bicyclic) bond motifs is 1. The lowest BCUT2D eigenvalue weighted by Gasteiger charge is -2.19. The molecule has 1 saturated heterocycles. The van der Waals surface area contributed by atoms with Gasteiger partial charge in [0.15, 0.2) is 5.13 Å². The summed E-state index contributed by atoms with van der Waals surface area (Å²) in [6.45, 7) is 7.75. The summed E-state index contributed by atoms with van der Waals surface area (Å²) in [5, 5.41) is 20.2. The number of pyridine rings is 1. The molecule has 0 spiro atoms. The molecular weight excluding hydrogens is 699 g/mol. The standard InChI is InChI=1S/C38H45N7O5S2/c1-23(2)50-38(48)45(4)29-14-28(18-39-20-29)25-10-11-31-34(16-25)52-37(44-31)40-12-6-5-7-13-49-33-15-26(35-24(3)43-22-51-35)8-9-27(33)19-42-36(47)32-17-30(46)21-41-32/h8-11,14-16,18,20,22-23,30,32,41,46H,5-7,12-13,17,19,21H2,1-4H3,(H,40,44)(H,42,47)/t30-,32+/m1/s1. The summed E-state index contributed by atoms with van der Waals surface area (Å²) >= 11 is 3.20. The van der Waals surface area contributed by atoms with Gasteiger partial charge in [-0.15, -0.1) is 11.3 Å². The van der Waals surface area contributed by atoms with Crippen molar-refractivity contribution in [3.8, 4) is 27.3 Å². The zero-order valence-corrected chi connectivity index (χ0v) is 31.5. The molecule has 52 heavy (non-hydrogen) atoms. The first-order chi connectivity index (χ1) is 25.1. The van der Waals surface area contributed by atoms with E-state index < -0.39 is 12.2 Å². The number of anilines is 2. The van der Waals surface area contributed by atoms with Crippen LogP contribution in [0.4, 0.5) is 15.6 Å². The molecule has 14 heteroatoms. The zero-order valence-electron chi connectivity index (χ0n) is 29.8. The molecule has 4 N–H and O–H groups in total. The number of benzene rings is 2. The van der Waals surface area contributed by atoms with Gasteiger partial charge in [-0.1, -0.05) is 29.5 Å². The lowest BCUT2D eigenvalue weighted by molar-refractivity contribution is -0.123. The molecule has 3 aromatic heterocycles. The van der Waals surface area contributed by atoms with E-state index in [9.17, 15) is 14.7 Å². The van der Waals surface area contributed by atoms with E-state index in [1.165, 1.54) is 4.90 Å². The number of rotatable bonds is 15. The average Bonchev–Trinajstić information content (AvgIpc) is 3.88. The van der Waals surface area contributed by atoms with Gasteiger partial charge in [0.05, 0.1) is 63.0 Å². The van der Waals surface area contributed by atoms with Crippen LogP contribution in [0, 0.1) is 6.92 Å². The molecule has 0 bridgehead atoms. The Labute approximate surface area is 311 Å². The van der Waals surface area contributed by atoms with Gasteiger partial charge < -0.3 is 30.5 Å². The Hall–Kier alpha value is -4.63. The van der Waals surface area contributed by atoms with Crippen molar-refractivity contribution in [2.24, 2.45) is 0 Å². The average molecular weight is 744 g/mol. The van der Waals surface area contributed by atoms with Gasteiger partial charge in [0.25, 0.3) is 0 Å². The van der Waals surface area contributed by atoms with E-state index in [0.29, 0.717) is 31.8 Å². The van der Waals surface area contributed by atoms with Crippen LogP contribution in [0.5, 0.6) is 5.75 Å². The van der Waals surface area contributed by atoms with Gasteiger partial charge in [0.2, 0.25) is 5.91 Å². The highest BCUT2D eigenvalue weighted by Gasteiger charge is 2.28. The third kappa shape index (κ3) is 9.42. The van der Waals surface area contributed by atoms with Crippen molar-refractivity contribution in [2.45, 2.75) is 71.2 Å². The van der Waals surface area contributed by atoms with Gasteiger partial charge >= 0.3 is 6.09 Å². The fourth-order valence-corrected chi connectivity index (χ4v) is 7.63. The molecule has 1 aliphatic heterocycles. The predicted molar refractivity (Wildman–Crippen MR) is 207 cm³/mol. The normalized spacial score (nSPS) is 15.6. The van der Waals surface area contributed by atoms with Crippen molar-refractivity contribution in [1.82, 2.24) is 25.6 Å². The quantitative estimate of drug-likeness (QED) is 0.0846. The minimum atomic E-state index is -0.493. The Kier molecular flexibility index (Phi) is 12.3. The summed E-state index contributed by atoms with van der Waals surface area (Å²) in [6, 6.07) is 13.8. The first-order valence-corrected chi connectivity index (χ1v) is 19.2. The van der Waals surface area contributed by atoms with Gasteiger partial charge in [0, 0.05) is 44.0 Å². The minimum absolute atomic E-state index is 0.122. The maximum absolute atomic E-state index is 12.7. The van der Waals surface area contributed by atoms with E-state index in [1.807, 2.05) is 62.7 Å². The number of aromatic nitrogens is 3. The Balaban J connectivity index is 0.994.